The van der Waals surface area contributed by atoms with E-state index in [4.69, 9.17) is 18.6 Å². The average molecular weight is 276 g/mol. The van der Waals surface area contributed by atoms with Gasteiger partial charge in [0.15, 0.2) is 0 Å². The van der Waals surface area contributed by atoms with Crippen LogP contribution in [0.1, 0.15) is 16.7 Å². The van der Waals surface area contributed by atoms with Crippen molar-refractivity contribution in [3.8, 4) is 0 Å². The molecule has 0 unspecified atom stereocenters. The Labute approximate surface area is 108 Å². The van der Waals surface area contributed by atoms with E-state index >= 15 is 0 Å². The fourth-order valence-electron chi connectivity index (χ4n) is 1.86. The summed E-state index contributed by atoms with van der Waals surface area (Å²) < 4.78 is 0. The molecule has 2 rings (SSSR count). The molecular formula is C12H13Cl2Ti-. The second-order valence-electron chi connectivity index (χ2n) is 3.56. The van der Waals surface area contributed by atoms with Crippen molar-refractivity contribution in [2.24, 2.45) is 0 Å². The summed E-state index contributed by atoms with van der Waals surface area (Å²) >= 11 is -0.556. The molecule has 0 aromatic heterocycles. The molecule has 0 fully saturated rings. The maximum atomic E-state index is 4.89. The molecule has 0 radical (unpaired) electrons. The predicted molar refractivity (Wildman–Crippen MR) is 65.5 cm³/mol. The van der Waals surface area contributed by atoms with Crippen LogP contribution in [0, 0.1) is 20.8 Å². The first-order valence-electron chi connectivity index (χ1n) is 4.70. The molecule has 0 nitrogen and oxygen atoms in total. The molecule has 0 aliphatic heterocycles. The van der Waals surface area contributed by atoms with Crippen LogP contribution in [0.25, 0.3) is 10.8 Å². The average Bonchev–Trinajstić information content (AvgIpc) is 2.45. The molecule has 0 heterocycles. The van der Waals surface area contributed by atoms with E-state index in [1.54, 1.807) is 0 Å². The van der Waals surface area contributed by atoms with Crippen LogP contribution >= 0.6 is 18.6 Å². The molecule has 0 bridgehead atoms. The van der Waals surface area contributed by atoms with Crippen LogP contribution in [0.2, 0.25) is 0 Å². The third kappa shape index (κ3) is 3.04. The fraction of sp³-hybridized carbons (Fsp3) is 0.250. The van der Waals surface area contributed by atoms with Gasteiger partial charge >= 0.3 is 35.6 Å². The number of fused-ring (bicyclic) bond motifs is 1. The summed E-state index contributed by atoms with van der Waals surface area (Å²) in [5.41, 5.74) is 4.22. The van der Waals surface area contributed by atoms with Gasteiger partial charge in [0.2, 0.25) is 0 Å². The van der Waals surface area contributed by atoms with Gasteiger partial charge in [-0.25, -0.2) is 0 Å². The van der Waals surface area contributed by atoms with Crippen molar-refractivity contribution in [1.82, 2.24) is 0 Å². The third-order valence-corrected chi connectivity index (χ3v) is 2.64. The Morgan fingerprint density at radius 1 is 1.13 bits per heavy atom. The van der Waals surface area contributed by atoms with Gasteiger partial charge < -0.3 is 0 Å². The second-order valence-corrected chi connectivity index (χ2v) is 6.14. The molecule has 2 aromatic carbocycles. The molecule has 0 aliphatic carbocycles. The van der Waals surface area contributed by atoms with Crippen LogP contribution in [0.15, 0.2) is 24.3 Å². The Morgan fingerprint density at radius 3 is 2.27 bits per heavy atom. The van der Waals surface area contributed by atoms with Crippen molar-refractivity contribution in [2.75, 3.05) is 0 Å². The monoisotopic (exact) mass is 275 g/mol. The number of benzene rings is 1. The number of aryl methyl sites for hydroxylation is 3. The van der Waals surface area contributed by atoms with Crippen LogP contribution in [-0.2, 0) is 17.0 Å². The fourth-order valence-corrected chi connectivity index (χ4v) is 1.86. The van der Waals surface area contributed by atoms with Crippen LogP contribution in [0.3, 0.4) is 0 Å². The molecule has 0 saturated heterocycles. The summed E-state index contributed by atoms with van der Waals surface area (Å²) in [6, 6.07) is 8.74. The van der Waals surface area contributed by atoms with Gasteiger partial charge in [-0.3, -0.25) is 0 Å². The zero-order valence-electron chi connectivity index (χ0n) is 9.07. The molecule has 0 spiro atoms. The number of hydrogen-bond acceptors (Lipinski definition) is 0. The van der Waals surface area contributed by atoms with Crippen LogP contribution in [0.5, 0.6) is 0 Å². The Balaban J connectivity index is 0.000000337. The van der Waals surface area contributed by atoms with E-state index in [0.717, 1.165) is 0 Å². The molecule has 0 atom stereocenters. The summed E-state index contributed by atoms with van der Waals surface area (Å²) in [7, 11) is 9.78. The van der Waals surface area contributed by atoms with Crippen LogP contribution < -0.4 is 0 Å². The number of halogens is 2. The Kier molecular flexibility index (Phi) is 5.28. The summed E-state index contributed by atoms with van der Waals surface area (Å²) in [6.45, 7) is 6.55. The van der Waals surface area contributed by atoms with E-state index in [-0.39, 0.29) is 0 Å². The Morgan fingerprint density at radius 2 is 1.73 bits per heavy atom. The minimum atomic E-state index is -0.556. The molecule has 0 saturated carbocycles. The number of hydrogen-bond donors (Lipinski definition) is 0. The minimum absolute atomic E-state index is 0.556. The van der Waals surface area contributed by atoms with Crippen molar-refractivity contribution in [2.45, 2.75) is 20.8 Å². The van der Waals surface area contributed by atoms with Crippen LogP contribution in [0.4, 0.5) is 0 Å². The molecule has 2 aromatic rings. The SMILES string of the molecule is Cc1[cH-]c2cccc(C)c2c1C.[Cl][Ti][Cl]. The summed E-state index contributed by atoms with van der Waals surface area (Å²) in [6.07, 6.45) is 0. The van der Waals surface area contributed by atoms with E-state index in [2.05, 4.69) is 45.0 Å². The van der Waals surface area contributed by atoms with Gasteiger partial charge in [-0.15, -0.1) is 34.5 Å². The van der Waals surface area contributed by atoms with Crippen molar-refractivity contribution < 1.29 is 17.0 Å². The molecular weight excluding hydrogens is 263 g/mol. The summed E-state index contributed by atoms with van der Waals surface area (Å²) in [4.78, 5) is 0. The zero-order valence-corrected chi connectivity index (χ0v) is 12.1. The summed E-state index contributed by atoms with van der Waals surface area (Å²) in [5.74, 6) is 0. The topological polar surface area (TPSA) is 0 Å². The second kappa shape index (κ2) is 6.01. The molecule has 80 valence electrons. The molecule has 0 N–H and O–H groups in total. The number of rotatable bonds is 0. The van der Waals surface area contributed by atoms with Gasteiger partial charge in [0.1, 0.15) is 0 Å². The maximum absolute atomic E-state index is 4.89. The van der Waals surface area contributed by atoms with Gasteiger partial charge in [0.25, 0.3) is 0 Å². The quantitative estimate of drug-likeness (QED) is 0.476. The molecule has 3 heteroatoms. The van der Waals surface area contributed by atoms with E-state index in [1.165, 1.54) is 27.5 Å². The van der Waals surface area contributed by atoms with E-state index in [1.807, 2.05) is 0 Å². The standard InChI is InChI=1S/C12H13.2ClH.Ti/c1-8-5-4-6-11-7-9(2)10(3)12(8)11;;;/h4-7H,1-3H3;2*1H;/q-1;;;+2/p-2. The van der Waals surface area contributed by atoms with Gasteiger partial charge in [-0.1, -0.05) is 25.5 Å². The molecule has 15 heavy (non-hydrogen) atoms. The van der Waals surface area contributed by atoms with Crippen molar-refractivity contribution in [3.05, 3.63) is 41.0 Å². The Hall–Kier alpha value is 0.124. The molecule has 0 aliphatic rings. The van der Waals surface area contributed by atoms with E-state index in [0.29, 0.717) is 0 Å². The third-order valence-electron chi connectivity index (χ3n) is 2.64. The first-order chi connectivity index (χ1) is 7.11. The van der Waals surface area contributed by atoms with Crippen molar-refractivity contribution >= 4 is 29.4 Å². The zero-order chi connectivity index (χ0) is 11.4. The van der Waals surface area contributed by atoms with Crippen LogP contribution in [-0.4, -0.2) is 0 Å². The first-order valence-corrected chi connectivity index (χ1v) is 9.00. The molecule has 0 amide bonds. The summed E-state index contributed by atoms with van der Waals surface area (Å²) in [5, 5.41) is 2.82. The Bertz CT molecular complexity index is 446. The predicted octanol–water partition coefficient (Wildman–Crippen LogP) is 4.86. The van der Waals surface area contributed by atoms with Crippen molar-refractivity contribution in [1.29, 1.82) is 0 Å². The van der Waals surface area contributed by atoms with E-state index < -0.39 is 17.0 Å². The first kappa shape index (κ1) is 13.2. The van der Waals surface area contributed by atoms with Crippen molar-refractivity contribution in [3.63, 3.8) is 0 Å². The van der Waals surface area contributed by atoms with Gasteiger partial charge in [-0.05, 0) is 6.92 Å². The normalized spacial score (nSPS) is 9.67. The van der Waals surface area contributed by atoms with Gasteiger partial charge in [0.05, 0.1) is 0 Å². The van der Waals surface area contributed by atoms with E-state index in [9.17, 15) is 0 Å². The van der Waals surface area contributed by atoms with Gasteiger partial charge in [0, 0.05) is 0 Å². The van der Waals surface area contributed by atoms with Gasteiger partial charge in [-0.2, -0.15) is 5.56 Å².